The Balaban J connectivity index is 1.72. The van der Waals surface area contributed by atoms with Crippen molar-refractivity contribution in [2.24, 2.45) is 0 Å². The van der Waals surface area contributed by atoms with Crippen LogP contribution in [0.1, 0.15) is 30.9 Å². The Morgan fingerprint density at radius 3 is 2.62 bits per heavy atom. The first-order chi connectivity index (χ1) is 12.6. The van der Waals surface area contributed by atoms with Crippen LogP contribution in [0.25, 0.3) is 0 Å². The number of amides is 1. The highest BCUT2D eigenvalue weighted by atomic mass is 16.5. The average Bonchev–Trinajstić information content (AvgIpc) is 3.16. The lowest BCUT2D eigenvalue weighted by molar-refractivity contribution is -0.139. The summed E-state index contributed by atoms with van der Waals surface area (Å²) in [7, 11) is 0. The Labute approximate surface area is 156 Å². The van der Waals surface area contributed by atoms with Crippen LogP contribution in [0.5, 0.6) is 5.75 Å². The van der Waals surface area contributed by atoms with E-state index < -0.39 is 6.10 Å². The molecule has 2 aromatic rings. The van der Waals surface area contributed by atoms with Gasteiger partial charge >= 0.3 is 0 Å². The van der Waals surface area contributed by atoms with Crippen molar-refractivity contribution in [1.29, 1.82) is 0 Å². The number of rotatable bonds is 7. The van der Waals surface area contributed by atoms with Gasteiger partial charge in [0.1, 0.15) is 5.75 Å². The molecule has 1 heterocycles. The molecule has 2 aromatic carbocycles. The lowest BCUT2D eigenvalue weighted by Crippen LogP contribution is -2.45. The summed E-state index contributed by atoms with van der Waals surface area (Å²) in [5, 5.41) is 3.50. The maximum absolute atomic E-state index is 13.1. The number of para-hydroxylation sites is 1. The van der Waals surface area contributed by atoms with E-state index >= 15 is 0 Å². The highest BCUT2D eigenvalue weighted by Crippen LogP contribution is 2.17. The second kappa shape index (κ2) is 8.86. The lowest BCUT2D eigenvalue weighted by atomic mass is 10.1. The molecule has 1 fully saturated rings. The van der Waals surface area contributed by atoms with Crippen LogP contribution in [0.2, 0.25) is 0 Å². The molecule has 1 saturated heterocycles. The van der Waals surface area contributed by atoms with E-state index in [9.17, 15) is 4.79 Å². The molecule has 2 atom stereocenters. The molecular weight excluding hydrogens is 324 g/mol. The Morgan fingerprint density at radius 1 is 1.19 bits per heavy atom. The van der Waals surface area contributed by atoms with Gasteiger partial charge in [-0.1, -0.05) is 42.5 Å². The van der Waals surface area contributed by atoms with Crippen molar-refractivity contribution in [3.8, 4) is 5.75 Å². The van der Waals surface area contributed by atoms with E-state index in [2.05, 4.69) is 24.4 Å². The Bertz CT molecular complexity index is 711. The molecule has 0 radical (unpaired) electrons. The van der Waals surface area contributed by atoms with Crippen molar-refractivity contribution >= 4 is 5.91 Å². The van der Waals surface area contributed by atoms with Crippen LogP contribution in [-0.4, -0.2) is 36.0 Å². The number of carbonyl (C=O) groups is 1. The first kappa shape index (κ1) is 18.5. The molecule has 3 rings (SSSR count). The Morgan fingerprint density at radius 2 is 1.92 bits per heavy atom. The molecule has 1 amide bonds. The van der Waals surface area contributed by atoms with Crippen molar-refractivity contribution in [1.82, 2.24) is 10.2 Å². The van der Waals surface area contributed by atoms with Gasteiger partial charge in [0, 0.05) is 19.1 Å². The standard InChI is InChI=1S/C22H28N2O2/c1-17-9-6-7-10-19(17)15-24(16-20-11-8-14-23-20)22(25)18(2)26-21-12-4-3-5-13-21/h3-7,9-10,12-13,18,20,23H,8,11,14-16H2,1-2H3/t18?,20-/m1/s1. The van der Waals surface area contributed by atoms with E-state index in [1.807, 2.05) is 54.3 Å². The third kappa shape index (κ3) is 4.85. The molecule has 1 aliphatic rings. The zero-order chi connectivity index (χ0) is 18.4. The highest BCUT2D eigenvalue weighted by Gasteiger charge is 2.26. The minimum absolute atomic E-state index is 0.0332. The topological polar surface area (TPSA) is 41.6 Å². The van der Waals surface area contributed by atoms with E-state index in [1.54, 1.807) is 0 Å². The summed E-state index contributed by atoms with van der Waals surface area (Å²) in [6.45, 7) is 6.30. The third-order valence-corrected chi connectivity index (χ3v) is 4.94. The minimum Gasteiger partial charge on any atom is -0.481 e. The van der Waals surface area contributed by atoms with Crippen LogP contribution >= 0.6 is 0 Å². The fourth-order valence-corrected chi connectivity index (χ4v) is 3.41. The number of nitrogens with zero attached hydrogens (tertiary/aromatic N) is 1. The smallest absolute Gasteiger partial charge is 0.263 e. The molecule has 0 saturated carbocycles. The van der Waals surface area contributed by atoms with Gasteiger partial charge in [0.05, 0.1) is 0 Å². The summed E-state index contributed by atoms with van der Waals surface area (Å²) in [6, 6.07) is 18.2. The van der Waals surface area contributed by atoms with Crippen molar-refractivity contribution < 1.29 is 9.53 Å². The number of ether oxygens (including phenoxy) is 1. The van der Waals surface area contributed by atoms with E-state index in [4.69, 9.17) is 4.74 Å². The zero-order valence-corrected chi connectivity index (χ0v) is 15.7. The van der Waals surface area contributed by atoms with Gasteiger partial charge in [-0.2, -0.15) is 0 Å². The van der Waals surface area contributed by atoms with Gasteiger partial charge in [-0.15, -0.1) is 0 Å². The molecule has 1 unspecified atom stereocenters. The van der Waals surface area contributed by atoms with E-state index in [-0.39, 0.29) is 5.91 Å². The summed E-state index contributed by atoms with van der Waals surface area (Å²) in [6.07, 6.45) is 1.78. The first-order valence-corrected chi connectivity index (χ1v) is 9.42. The molecule has 26 heavy (non-hydrogen) atoms. The summed E-state index contributed by atoms with van der Waals surface area (Å²) in [5.41, 5.74) is 2.40. The zero-order valence-electron chi connectivity index (χ0n) is 15.7. The predicted octanol–water partition coefficient (Wildman–Crippen LogP) is 3.54. The number of hydrogen-bond donors (Lipinski definition) is 1. The van der Waals surface area contributed by atoms with Crippen LogP contribution in [0.4, 0.5) is 0 Å². The Kier molecular flexibility index (Phi) is 6.29. The second-order valence-electron chi connectivity index (χ2n) is 7.01. The quantitative estimate of drug-likeness (QED) is 0.829. The van der Waals surface area contributed by atoms with Gasteiger partial charge in [0.2, 0.25) is 0 Å². The first-order valence-electron chi connectivity index (χ1n) is 9.42. The molecule has 0 aliphatic carbocycles. The molecule has 138 valence electrons. The third-order valence-electron chi connectivity index (χ3n) is 4.94. The van der Waals surface area contributed by atoms with Crippen LogP contribution in [-0.2, 0) is 11.3 Å². The molecule has 1 N–H and O–H groups in total. The average molecular weight is 352 g/mol. The summed E-state index contributed by atoms with van der Waals surface area (Å²) >= 11 is 0. The number of carbonyl (C=O) groups excluding carboxylic acids is 1. The second-order valence-corrected chi connectivity index (χ2v) is 7.01. The number of hydrogen-bond acceptors (Lipinski definition) is 3. The SMILES string of the molecule is Cc1ccccc1CN(C[C@H]1CCCN1)C(=O)C(C)Oc1ccccc1. The predicted molar refractivity (Wildman–Crippen MR) is 104 cm³/mol. The van der Waals surface area contributed by atoms with Gasteiger partial charge in [-0.05, 0) is 56.5 Å². The van der Waals surface area contributed by atoms with Crippen LogP contribution < -0.4 is 10.1 Å². The van der Waals surface area contributed by atoms with Crippen molar-refractivity contribution in [2.75, 3.05) is 13.1 Å². The highest BCUT2D eigenvalue weighted by molar-refractivity contribution is 5.81. The minimum atomic E-state index is -0.511. The van der Waals surface area contributed by atoms with E-state index in [1.165, 1.54) is 17.5 Å². The fraction of sp³-hybridized carbons (Fsp3) is 0.409. The van der Waals surface area contributed by atoms with Gasteiger partial charge < -0.3 is 15.0 Å². The van der Waals surface area contributed by atoms with Gasteiger partial charge in [0.15, 0.2) is 6.10 Å². The Hall–Kier alpha value is -2.33. The van der Waals surface area contributed by atoms with E-state index in [0.29, 0.717) is 12.6 Å². The van der Waals surface area contributed by atoms with Crippen LogP contribution in [0.15, 0.2) is 54.6 Å². The molecule has 1 aliphatic heterocycles. The molecule has 0 aromatic heterocycles. The maximum atomic E-state index is 13.1. The summed E-state index contributed by atoms with van der Waals surface area (Å²) in [5.74, 6) is 0.758. The largest absolute Gasteiger partial charge is 0.481 e. The number of aryl methyl sites for hydroxylation is 1. The summed E-state index contributed by atoms with van der Waals surface area (Å²) in [4.78, 5) is 15.1. The summed E-state index contributed by atoms with van der Waals surface area (Å²) < 4.78 is 5.88. The maximum Gasteiger partial charge on any atom is 0.263 e. The molecule has 4 heteroatoms. The number of nitrogens with one attached hydrogen (secondary N) is 1. The van der Waals surface area contributed by atoms with Crippen molar-refractivity contribution in [3.05, 3.63) is 65.7 Å². The normalized spacial score (nSPS) is 17.7. The molecule has 0 bridgehead atoms. The molecule has 4 nitrogen and oxygen atoms in total. The van der Waals surface area contributed by atoms with E-state index in [0.717, 1.165) is 25.3 Å². The van der Waals surface area contributed by atoms with Crippen molar-refractivity contribution in [3.63, 3.8) is 0 Å². The fourth-order valence-electron chi connectivity index (χ4n) is 3.41. The van der Waals surface area contributed by atoms with Crippen LogP contribution in [0, 0.1) is 6.92 Å². The number of benzene rings is 2. The van der Waals surface area contributed by atoms with Gasteiger partial charge in [-0.25, -0.2) is 0 Å². The lowest BCUT2D eigenvalue weighted by Gasteiger charge is -2.29. The van der Waals surface area contributed by atoms with Crippen LogP contribution in [0.3, 0.4) is 0 Å². The molecular formula is C22H28N2O2. The molecule has 0 spiro atoms. The van der Waals surface area contributed by atoms with Gasteiger partial charge in [-0.3, -0.25) is 4.79 Å². The monoisotopic (exact) mass is 352 g/mol. The van der Waals surface area contributed by atoms with Gasteiger partial charge in [0.25, 0.3) is 5.91 Å². The van der Waals surface area contributed by atoms with Crippen molar-refractivity contribution in [2.45, 2.75) is 45.4 Å².